The van der Waals surface area contributed by atoms with E-state index in [1.54, 1.807) is 22.7 Å². The van der Waals surface area contributed by atoms with Crippen molar-refractivity contribution in [3.8, 4) is 17.1 Å². The van der Waals surface area contributed by atoms with Crippen molar-refractivity contribution in [2.75, 3.05) is 0 Å². The Kier molecular flexibility index (Phi) is 3.76. The number of benzene rings is 2. The normalized spacial score (nSPS) is 11.5. The molecule has 0 atom stereocenters. The molecule has 7 heteroatoms. The van der Waals surface area contributed by atoms with E-state index in [1.807, 2.05) is 42.5 Å². The van der Waals surface area contributed by atoms with Crippen LogP contribution >= 0.6 is 22.9 Å². The second-order valence-electron chi connectivity index (χ2n) is 5.10. The van der Waals surface area contributed by atoms with Gasteiger partial charge in [0, 0.05) is 10.6 Å². The number of rotatable bonds is 3. The first-order chi connectivity index (χ1) is 11.7. The summed E-state index contributed by atoms with van der Waals surface area (Å²) in [6.07, 6.45) is 3.86. The van der Waals surface area contributed by atoms with Crippen LogP contribution in [0.4, 0.5) is 0 Å². The SMILES string of the molecule is Oc1cccc(-c2nnc3sc(/C=C/c4cccc(Cl)c4)nn23)c1. The summed E-state index contributed by atoms with van der Waals surface area (Å²) in [5.74, 6) is 0.778. The lowest BCUT2D eigenvalue weighted by atomic mass is 10.2. The van der Waals surface area contributed by atoms with Crippen LogP contribution in [0.1, 0.15) is 10.6 Å². The Morgan fingerprint density at radius 3 is 2.75 bits per heavy atom. The Morgan fingerprint density at radius 1 is 1.04 bits per heavy atom. The summed E-state index contributed by atoms with van der Waals surface area (Å²) < 4.78 is 1.68. The molecule has 0 aliphatic rings. The predicted molar refractivity (Wildman–Crippen MR) is 96.1 cm³/mol. The van der Waals surface area contributed by atoms with Gasteiger partial charge in [0.05, 0.1) is 0 Å². The Hall–Kier alpha value is -2.70. The number of hydrogen-bond donors (Lipinski definition) is 1. The van der Waals surface area contributed by atoms with Gasteiger partial charge in [0.15, 0.2) is 5.82 Å². The van der Waals surface area contributed by atoms with Gasteiger partial charge in [-0.15, -0.1) is 10.2 Å². The highest BCUT2D eigenvalue weighted by atomic mass is 35.5. The Bertz CT molecular complexity index is 1050. The molecular weight excluding hydrogens is 344 g/mol. The van der Waals surface area contributed by atoms with Crippen LogP contribution in [0.5, 0.6) is 5.75 Å². The van der Waals surface area contributed by atoms with E-state index in [0.29, 0.717) is 15.8 Å². The van der Waals surface area contributed by atoms with Crippen molar-refractivity contribution in [3.63, 3.8) is 0 Å². The zero-order chi connectivity index (χ0) is 16.5. The molecule has 0 saturated heterocycles. The highest BCUT2D eigenvalue weighted by molar-refractivity contribution is 7.17. The van der Waals surface area contributed by atoms with Crippen molar-refractivity contribution in [3.05, 3.63) is 64.1 Å². The highest BCUT2D eigenvalue weighted by Gasteiger charge is 2.12. The molecule has 0 aliphatic carbocycles. The maximum Gasteiger partial charge on any atom is 0.235 e. The lowest BCUT2D eigenvalue weighted by Gasteiger charge is -1.97. The first kappa shape index (κ1) is 14.9. The summed E-state index contributed by atoms with van der Waals surface area (Å²) >= 11 is 7.42. The quantitative estimate of drug-likeness (QED) is 0.593. The molecule has 4 rings (SSSR count). The van der Waals surface area contributed by atoms with Crippen molar-refractivity contribution >= 4 is 40.1 Å². The van der Waals surface area contributed by atoms with E-state index in [9.17, 15) is 5.11 Å². The van der Waals surface area contributed by atoms with Crippen LogP contribution in [0.15, 0.2) is 48.5 Å². The van der Waals surface area contributed by atoms with Crippen LogP contribution in [0.25, 0.3) is 28.5 Å². The van der Waals surface area contributed by atoms with E-state index in [1.165, 1.54) is 11.3 Å². The third kappa shape index (κ3) is 2.89. The average molecular weight is 355 g/mol. The van der Waals surface area contributed by atoms with Gasteiger partial charge < -0.3 is 5.11 Å². The van der Waals surface area contributed by atoms with Crippen LogP contribution in [0, 0.1) is 0 Å². The van der Waals surface area contributed by atoms with Crippen LogP contribution in [0.3, 0.4) is 0 Å². The number of hydrogen-bond acceptors (Lipinski definition) is 5. The Morgan fingerprint density at radius 2 is 1.92 bits per heavy atom. The molecule has 0 bridgehead atoms. The standard InChI is InChI=1S/C17H11ClN4OS/c18-13-5-1-3-11(9-13)7-8-15-21-22-16(19-20-17(22)24-15)12-4-2-6-14(23)10-12/h1-10,23H/b8-7+. The van der Waals surface area contributed by atoms with Crippen molar-refractivity contribution in [2.24, 2.45) is 0 Å². The molecule has 2 aromatic heterocycles. The van der Waals surface area contributed by atoms with Crippen molar-refractivity contribution in [2.45, 2.75) is 0 Å². The molecule has 0 aliphatic heterocycles. The number of phenols is 1. The van der Waals surface area contributed by atoms with Gasteiger partial charge in [0.1, 0.15) is 10.8 Å². The summed E-state index contributed by atoms with van der Waals surface area (Å²) in [4.78, 5) is 0.694. The van der Waals surface area contributed by atoms with Crippen LogP contribution in [-0.2, 0) is 0 Å². The molecule has 118 valence electrons. The molecule has 2 aromatic carbocycles. The smallest absolute Gasteiger partial charge is 0.235 e. The largest absolute Gasteiger partial charge is 0.508 e. The van der Waals surface area contributed by atoms with E-state index in [0.717, 1.165) is 16.1 Å². The molecular formula is C17H11ClN4OS. The Labute approximate surface area is 146 Å². The van der Waals surface area contributed by atoms with Gasteiger partial charge in [-0.1, -0.05) is 53.3 Å². The summed E-state index contributed by atoms with van der Waals surface area (Å²) in [7, 11) is 0. The first-order valence-electron chi connectivity index (χ1n) is 7.14. The van der Waals surface area contributed by atoms with Crippen LogP contribution in [-0.4, -0.2) is 24.9 Å². The highest BCUT2D eigenvalue weighted by Crippen LogP contribution is 2.25. The van der Waals surface area contributed by atoms with Gasteiger partial charge in [0.2, 0.25) is 4.96 Å². The van der Waals surface area contributed by atoms with Crippen molar-refractivity contribution in [1.29, 1.82) is 0 Å². The molecule has 4 aromatic rings. The van der Waals surface area contributed by atoms with E-state index in [4.69, 9.17) is 11.6 Å². The number of aromatic hydroxyl groups is 1. The second-order valence-corrected chi connectivity index (χ2v) is 6.52. The van der Waals surface area contributed by atoms with E-state index >= 15 is 0 Å². The van der Waals surface area contributed by atoms with Gasteiger partial charge >= 0.3 is 0 Å². The third-order valence-corrected chi connectivity index (χ3v) is 4.48. The maximum atomic E-state index is 9.62. The first-order valence-corrected chi connectivity index (χ1v) is 8.34. The minimum absolute atomic E-state index is 0.181. The average Bonchev–Trinajstić information content (AvgIpc) is 3.13. The van der Waals surface area contributed by atoms with E-state index in [2.05, 4.69) is 15.3 Å². The van der Waals surface area contributed by atoms with Crippen LogP contribution < -0.4 is 0 Å². The molecule has 0 fully saturated rings. The molecule has 0 radical (unpaired) electrons. The zero-order valence-corrected chi connectivity index (χ0v) is 13.9. The van der Waals surface area contributed by atoms with Gasteiger partial charge in [-0.05, 0) is 35.9 Å². The summed E-state index contributed by atoms with van der Waals surface area (Å²) in [5, 5.41) is 23.9. The van der Waals surface area contributed by atoms with Crippen molar-refractivity contribution < 1.29 is 5.11 Å². The Balaban J connectivity index is 1.69. The van der Waals surface area contributed by atoms with Gasteiger partial charge in [0.25, 0.3) is 0 Å². The minimum Gasteiger partial charge on any atom is -0.508 e. The van der Waals surface area contributed by atoms with Gasteiger partial charge in [-0.25, -0.2) is 0 Å². The number of phenolic OH excluding ortho intramolecular Hbond substituents is 1. The van der Waals surface area contributed by atoms with Gasteiger partial charge in [-0.3, -0.25) is 0 Å². The molecule has 0 saturated carbocycles. The second kappa shape index (κ2) is 6.07. The number of aromatic nitrogens is 4. The lowest BCUT2D eigenvalue weighted by molar-refractivity contribution is 0.475. The molecule has 0 unspecified atom stereocenters. The monoisotopic (exact) mass is 354 g/mol. The molecule has 2 heterocycles. The van der Waals surface area contributed by atoms with E-state index < -0.39 is 0 Å². The van der Waals surface area contributed by atoms with E-state index in [-0.39, 0.29) is 5.75 Å². The number of nitrogens with zero attached hydrogens (tertiary/aromatic N) is 4. The van der Waals surface area contributed by atoms with Crippen LogP contribution in [0.2, 0.25) is 5.02 Å². The fourth-order valence-electron chi connectivity index (χ4n) is 2.30. The maximum absolute atomic E-state index is 9.62. The minimum atomic E-state index is 0.181. The summed E-state index contributed by atoms with van der Waals surface area (Å²) in [6.45, 7) is 0. The van der Waals surface area contributed by atoms with Gasteiger partial charge in [-0.2, -0.15) is 9.61 Å². The topological polar surface area (TPSA) is 63.3 Å². The predicted octanol–water partition coefficient (Wildman–Crippen LogP) is 4.38. The summed E-state index contributed by atoms with van der Waals surface area (Å²) in [5.41, 5.74) is 1.76. The fraction of sp³-hybridized carbons (Fsp3) is 0. The lowest BCUT2D eigenvalue weighted by Crippen LogP contribution is -1.90. The summed E-state index contributed by atoms with van der Waals surface area (Å²) in [6, 6.07) is 14.5. The molecule has 0 spiro atoms. The fourth-order valence-corrected chi connectivity index (χ4v) is 3.24. The molecule has 0 amide bonds. The number of halogens is 1. The molecule has 24 heavy (non-hydrogen) atoms. The number of fused-ring (bicyclic) bond motifs is 1. The zero-order valence-electron chi connectivity index (χ0n) is 12.3. The molecule has 1 N–H and O–H groups in total. The molecule has 5 nitrogen and oxygen atoms in total. The third-order valence-electron chi connectivity index (χ3n) is 3.38. The van der Waals surface area contributed by atoms with Crippen molar-refractivity contribution in [1.82, 2.24) is 19.8 Å².